The third kappa shape index (κ3) is 1.42. The molecular formula is C16H8. The molecule has 0 saturated carbocycles. The lowest BCUT2D eigenvalue weighted by molar-refractivity contribution is 1.63. The van der Waals surface area contributed by atoms with Crippen molar-refractivity contribution >= 4 is 10.8 Å². The lowest BCUT2D eigenvalue weighted by Crippen LogP contribution is -1.87. The van der Waals surface area contributed by atoms with E-state index in [4.69, 9.17) is 19.3 Å². The van der Waals surface area contributed by atoms with E-state index in [1.807, 2.05) is 30.3 Å². The molecule has 0 heteroatoms. The first kappa shape index (κ1) is 9.92. The molecule has 0 aliphatic heterocycles. The Bertz CT molecular complexity index is 683. The maximum absolute atomic E-state index is 5.48. The summed E-state index contributed by atoms with van der Waals surface area (Å²) < 4.78 is 0. The van der Waals surface area contributed by atoms with Crippen molar-refractivity contribution in [1.82, 2.24) is 0 Å². The van der Waals surface area contributed by atoms with E-state index < -0.39 is 0 Å². The molecular weight excluding hydrogens is 192 g/mol. The van der Waals surface area contributed by atoms with Gasteiger partial charge in [0.25, 0.3) is 0 Å². The van der Waals surface area contributed by atoms with Crippen molar-refractivity contribution in [3.05, 3.63) is 47.0 Å². The van der Waals surface area contributed by atoms with Crippen molar-refractivity contribution in [3.8, 4) is 37.0 Å². The Morgan fingerprint density at radius 3 is 2.25 bits per heavy atom. The van der Waals surface area contributed by atoms with E-state index in [0.29, 0.717) is 0 Å². The summed E-state index contributed by atoms with van der Waals surface area (Å²) >= 11 is 0. The third-order valence-electron chi connectivity index (χ3n) is 2.49. The monoisotopic (exact) mass is 200 g/mol. The molecule has 0 nitrogen and oxygen atoms in total. The fourth-order valence-electron chi connectivity index (χ4n) is 1.70. The summed E-state index contributed by atoms with van der Waals surface area (Å²) in [5, 5.41) is 1.99. The van der Waals surface area contributed by atoms with Gasteiger partial charge in [0.1, 0.15) is 0 Å². The molecule has 0 aromatic heterocycles. The minimum atomic E-state index is 0.739. The highest BCUT2D eigenvalue weighted by atomic mass is 14.1. The van der Waals surface area contributed by atoms with Crippen LogP contribution in [0.1, 0.15) is 16.7 Å². The molecule has 0 unspecified atom stereocenters. The fraction of sp³-hybridized carbons (Fsp3) is 0. The Morgan fingerprint density at radius 1 is 0.812 bits per heavy atom. The van der Waals surface area contributed by atoms with Crippen molar-refractivity contribution in [2.45, 2.75) is 0 Å². The topological polar surface area (TPSA) is 0 Å². The molecule has 0 N–H and O–H groups in total. The van der Waals surface area contributed by atoms with Gasteiger partial charge in [-0.25, -0.2) is 0 Å². The molecule has 0 bridgehead atoms. The molecule has 2 aromatic rings. The Labute approximate surface area is 95.3 Å². The molecule has 0 atom stereocenters. The van der Waals surface area contributed by atoms with Crippen molar-refractivity contribution in [2.75, 3.05) is 0 Å². The average Bonchev–Trinajstić information content (AvgIpc) is 2.36. The highest BCUT2D eigenvalue weighted by molar-refractivity contribution is 5.91. The van der Waals surface area contributed by atoms with Crippen LogP contribution in [0.4, 0.5) is 0 Å². The summed E-state index contributed by atoms with van der Waals surface area (Å²) in [6.45, 7) is 0. The zero-order chi connectivity index (χ0) is 11.5. The number of hydrogen-bond donors (Lipinski definition) is 0. The highest BCUT2D eigenvalue weighted by Crippen LogP contribution is 2.22. The third-order valence-corrected chi connectivity index (χ3v) is 2.49. The van der Waals surface area contributed by atoms with Crippen LogP contribution in [0.15, 0.2) is 30.3 Å². The first-order valence-electron chi connectivity index (χ1n) is 4.76. The van der Waals surface area contributed by atoms with Crippen LogP contribution in [0.25, 0.3) is 10.8 Å². The lowest BCUT2D eigenvalue weighted by Gasteiger charge is -2.04. The normalized spacial score (nSPS) is 9.06. The van der Waals surface area contributed by atoms with Crippen LogP contribution in [0.2, 0.25) is 0 Å². The molecule has 0 aliphatic rings. The summed E-state index contributed by atoms with van der Waals surface area (Å²) in [5.74, 6) is 7.81. The Kier molecular flexibility index (Phi) is 2.39. The molecule has 2 rings (SSSR count). The van der Waals surface area contributed by atoms with Crippen molar-refractivity contribution in [3.63, 3.8) is 0 Å². The minimum Gasteiger partial charge on any atom is -0.115 e. The second-order valence-electron chi connectivity index (χ2n) is 3.36. The summed E-state index contributed by atoms with van der Waals surface area (Å²) in [6.07, 6.45) is 16.2. The maximum atomic E-state index is 5.48. The van der Waals surface area contributed by atoms with E-state index in [9.17, 15) is 0 Å². The SMILES string of the molecule is C#Cc1ccc2c(C#C)c(C#C)ccc2c1. The molecule has 16 heavy (non-hydrogen) atoms. The van der Waals surface area contributed by atoms with Gasteiger partial charge in [0.05, 0.1) is 0 Å². The Balaban J connectivity index is 2.88. The lowest BCUT2D eigenvalue weighted by atomic mass is 9.98. The Morgan fingerprint density at radius 2 is 1.62 bits per heavy atom. The van der Waals surface area contributed by atoms with Gasteiger partial charge in [0, 0.05) is 16.7 Å². The van der Waals surface area contributed by atoms with Crippen LogP contribution in [0.3, 0.4) is 0 Å². The predicted molar refractivity (Wildman–Crippen MR) is 67.8 cm³/mol. The molecule has 0 spiro atoms. The van der Waals surface area contributed by atoms with Crippen LogP contribution >= 0.6 is 0 Å². The van der Waals surface area contributed by atoms with Crippen LogP contribution in [-0.2, 0) is 0 Å². The maximum Gasteiger partial charge on any atom is 0.0477 e. The average molecular weight is 200 g/mol. The van der Waals surface area contributed by atoms with E-state index in [1.54, 1.807) is 0 Å². The number of hydrogen-bond acceptors (Lipinski definition) is 0. The second-order valence-corrected chi connectivity index (χ2v) is 3.36. The molecule has 0 fully saturated rings. The molecule has 0 heterocycles. The first-order valence-corrected chi connectivity index (χ1v) is 4.76. The van der Waals surface area contributed by atoms with Gasteiger partial charge in [-0.2, -0.15) is 0 Å². The van der Waals surface area contributed by atoms with Gasteiger partial charge >= 0.3 is 0 Å². The van der Waals surface area contributed by atoms with Crippen molar-refractivity contribution < 1.29 is 0 Å². The zero-order valence-corrected chi connectivity index (χ0v) is 8.62. The molecule has 0 aliphatic carbocycles. The number of terminal acetylenes is 3. The first-order chi connectivity index (χ1) is 7.80. The van der Waals surface area contributed by atoms with E-state index in [1.165, 1.54) is 0 Å². The zero-order valence-electron chi connectivity index (χ0n) is 8.62. The van der Waals surface area contributed by atoms with E-state index in [-0.39, 0.29) is 0 Å². The van der Waals surface area contributed by atoms with Crippen LogP contribution < -0.4 is 0 Å². The van der Waals surface area contributed by atoms with Crippen LogP contribution in [0, 0.1) is 37.0 Å². The van der Waals surface area contributed by atoms with Gasteiger partial charge in [0.15, 0.2) is 0 Å². The van der Waals surface area contributed by atoms with E-state index >= 15 is 0 Å². The van der Waals surface area contributed by atoms with E-state index in [2.05, 4.69) is 17.8 Å². The standard InChI is InChI=1S/C16H8/c1-4-12-7-10-16-14(11-12)9-8-13(5-2)15(16)6-3/h1-3,7-11H. The van der Waals surface area contributed by atoms with Gasteiger partial charge in [-0.15, -0.1) is 19.3 Å². The Hall–Kier alpha value is -2.62. The van der Waals surface area contributed by atoms with Gasteiger partial charge in [-0.05, 0) is 29.0 Å². The summed E-state index contributed by atoms with van der Waals surface area (Å²) in [7, 11) is 0. The molecule has 0 radical (unpaired) electrons. The second kappa shape index (κ2) is 3.86. The van der Waals surface area contributed by atoms with Gasteiger partial charge in [-0.3, -0.25) is 0 Å². The highest BCUT2D eigenvalue weighted by Gasteiger charge is 2.03. The van der Waals surface area contributed by atoms with Gasteiger partial charge < -0.3 is 0 Å². The van der Waals surface area contributed by atoms with Gasteiger partial charge in [0.2, 0.25) is 0 Å². The summed E-state index contributed by atoms with van der Waals surface area (Å²) in [5.41, 5.74) is 2.33. The minimum absolute atomic E-state index is 0.739. The summed E-state index contributed by atoms with van der Waals surface area (Å²) in [6, 6.07) is 9.49. The van der Waals surface area contributed by atoms with E-state index in [0.717, 1.165) is 27.5 Å². The number of benzene rings is 2. The number of rotatable bonds is 0. The molecule has 72 valence electrons. The summed E-state index contributed by atoms with van der Waals surface area (Å²) in [4.78, 5) is 0. The molecule has 2 aromatic carbocycles. The predicted octanol–water partition coefficient (Wildman–Crippen LogP) is 2.78. The number of fused-ring (bicyclic) bond motifs is 1. The molecule has 0 saturated heterocycles. The smallest absolute Gasteiger partial charge is 0.0477 e. The van der Waals surface area contributed by atoms with Crippen molar-refractivity contribution in [2.24, 2.45) is 0 Å². The van der Waals surface area contributed by atoms with Crippen LogP contribution in [-0.4, -0.2) is 0 Å². The molecule has 0 amide bonds. The largest absolute Gasteiger partial charge is 0.115 e. The van der Waals surface area contributed by atoms with Gasteiger partial charge in [-0.1, -0.05) is 29.9 Å². The fourth-order valence-corrected chi connectivity index (χ4v) is 1.70. The van der Waals surface area contributed by atoms with Crippen molar-refractivity contribution in [1.29, 1.82) is 0 Å². The van der Waals surface area contributed by atoms with Crippen LogP contribution in [0.5, 0.6) is 0 Å². The quantitative estimate of drug-likeness (QED) is 0.574.